The number of ether oxygens (including phenoxy) is 1. The Balaban J connectivity index is 0.00000169. The summed E-state index contributed by atoms with van der Waals surface area (Å²) in [5, 5.41) is 2.60. The number of nitrogens with zero attached hydrogens (tertiary/aromatic N) is 1. The molecule has 1 heterocycles. The van der Waals surface area contributed by atoms with E-state index in [1.165, 1.54) is 0 Å². The Labute approximate surface area is 100 Å². The monoisotopic (exact) mass is 308 g/mol. The van der Waals surface area contributed by atoms with Crippen LogP contribution in [0.1, 0.15) is 6.92 Å². The Morgan fingerprint density at radius 3 is 2.93 bits per heavy atom. The van der Waals surface area contributed by atoms with E-state index >= 15 is 0 Å². The Kier molecular flexibility index (Phi) is 6.18. The molecule has 1 aromatic heterocycles. The molecule has 0 saturated carbocycles. The number of carbonyl (C=O) groups is 1. The van der Waals surface area contributed by atoms with Gasteiger partial charge in [-0.2, -0.15) is 0 Å². The number of amides is 1. The van der Waals surface area contributed by atoms with Crippen molar-refractivity contribution in [1.29, 1.82) is 0 Å². The fraction of sp³-hybridized carbons (Fsp3) is 0.333. The molecule has 14 heavy (non-hydrogen) atoms. The minimum Gasteiger partial charge on any atom is -1.00 e. The fourth-order valence-electron chi connectivity index (χ4n) is 0.947. The zero-order valence-electron chi connectivity index (χ0n) is 8.16. The summed E-state index contributed by atoms with van der Waals surface area (Å²) < 4.78 is 6.58. The van der Waals surface area contributed by atoms with E-state index in [-0.39, 0.29) is 24.0 Å². The molecule has 0 unspecified atom stereocenters. The second-order valence-electron chi connectivity index (χ2n) is 2.60. The van der Waals surface area contributed by atoms with Gasteiger partial charge in [-0.1, -0.05) is 0 Å². The summed E-state index contributed by atoms with van der Waals surface area (Å²) in [4.78, 5) is 11.0. The molecule has 0 atom stereocenters. The average molecular weight is 308 g/mol. The zero-order valence-corrected chi connectivity index (χ0v) is 10.3. The summed E-state index contributed by atoms with van der Waals surface area (Å²) in [6.45, 7) is 2.15. The lowest BCUT2D eigenvalue weighted by Crippen LogP contribution is -3.00. The van der Waals surface area contributed by atoms with Crippen molar-refractivity contribution >= 4 is 11.8 Å². The summed E-state index contributed by atoms with van der Waals surface area (Å²) >= 11 is 0. The molecule has 0 aliphatic carbocycles. The van der Waals surface area contributed by atoms with Crippen LogP contribution >= 0.6 is 0 Å². The van der Waals surface area contributed by atoms with Crippen molar-refractivity contribution in [3.8, 4) is 0 Å². The van der Waals surface area contributed by atoms with Gasteiger partial charge >= 0.3 is 6.09 Å². The molecular formula is C9H13IN2O2. The molecule has 5 heteroatoms. The standard InChI is InChI=1S/C9H12N2O2.HI/c1-3-13-9(12)10-8-5-4-6-11(2)7-8;/h4-7H,3H2,1-2H3;1H. The highest BCUT2D eigenvalue weighted by Crippen LogP contribution is 2.01. The number of carbonyl (C=O) groups excluding carboxylic acids is 1. The third-order valence-corrected chi connectivity index (χ3v) is 1.46. The first kappa shape index (κ1) is 13.2. The van der Waals surface area contributed by atoms with Gasteiger partial charge in [0.05, 0.1) is 6.61 Å². The average Bonchev–Trinajstić information content (AvgIpc) is 2.04. The number of hydrogen-bond acceptors (Lipinski definition) is 2. The Hall–Kier alpha value is -0.850. The van der Waals surface area contributed by atoms with Gasteiger partial charge in [0.2, 0.25) is 0 Å². The first-order chi connectivity index (χ1) is 6.22. The molecule has 0 aliphatic heterocycles. The topological polar surface area (TPSA) is 42.2 Å². The highest BCUT2D eigenvalue weighted by Gasteiger charge is 2.03. The fourth-order valence-corrected chi connectivity index (χ4v) is 0.947. The number of aromatic nitrogens is 1. The number of pyridine rings is 1. The first-order valence-electron chi connectivity index (χ1n) is 4.11. The molecule has 0 aromatic carbocycles. The SMILES string of the molecule is CCOC(=O)Nc1ccc[n+](C)c1.[I-]. The zero-order chi connectivity index (χ0) is 9.68. The molecule has 1 amide bonds. The number of aryl methyl sites for hydroxylation is 1. The largest absolute Gasteiger partial charge is 1.00 e. The lowest BCUT2D eigenvalue weighted by Gasteiger charge is -2.02. The summed E-state index contributed by atoms with van der Waals surface area (Å²) in [5.74, 6) is 0. The van der Waals surface area contributed by atoms with Gasteiger partial charge in [-0.25, -0.2) is 9.36 Å². The smallest absolute Gasteiger partial charge is 0.411 e. The number of hydrogen-bond donors (Lipinski definition) is 1. The minimum atomic E-state index is -0.422. The molecule has 78 valence electrons. The van der Waals surface area contributed by atoms with Gasteiger partial charge in [-0.3, -0.25) is 5.32 Å². The van der Waals surface area contributed by atoms with Crippen LogP contribution in [-0.4, -0.2) is 12.7 Å². The van der Waals surface area contributed by atoms with Crippen molar-refractivity contribution in [2.24, 2.45) is 7.05 Å². The Morgan fingerprint density at radius 1 is 1.64 bits per heavy atom. The molecule has 1 rings (SSSR count). The molecule has 1 aromatic rings. The van der Waals surface area contributed by atoms with E-state index in [1.54, 1.807) is 19.2 Å². The summed E-state index contributed by atoms with van der Waals surface area (Å²) in [6.07, 6.45) is 3.27. The molecule has 0 bridgehead atoms. The number of anilines is 1. The maximum atomic E-state index is 11.0. The van der Waals surface area contributed by atoms with Crippen LogP contribution in [0.25, 0.3) is 0 Å². The summed E-state index contributed by atoms with van der Waals surface area (Å²) in [5.41, 5.74) is 0.725. The predicted octanol–water partition coefficient (Wildman–Crippen LogP) is -1.92. The lowest BCUT2D eigenvalue weighted by atomic mass is 10.4. The Morgan fingerprint density at radius 2 is 2.36 bits per heavy atom. The molecule has 0 radical (unpaired) electrons. The number of rotatable bonds is 2. The van der Waals surface area contributed by atoms with Gasteiger partial charge in [-0.05, 0) is 13.0 Å². The molecule has 0 fully saturated rings. The highest BCUT2D eigenvalue weighted by molar-refractivity contribution is 5.83. The molecule has 0 saturated heterocycles. The van der Waals surface area contributed by atoms with Crippen LogP contribution in [0.3, 0.4) is 0 Å². The van der Waals surface area contributed by atoms with E-state index in [1.807, 2.05) is 23.9 Å². The highest BCUT2D eigenvalue weighted by atomic mass is 127. The van der Waals surface area contributed by atoms with E-state index in [2.05, 4.69) is 5.32 Å². The van der Waals surface area contributed by atoms with E-state index in [9.17, 15) is 4.79 Å². The number of nitrogens with one attached hydrogen (secondary N) is 1. The first-order valence-corrected chi connectivity index (χ1v) is 4.11. The maximum Gasteiger partial charge on any atom is 0.411 e. The molecule has 0 spiro atoms. The lowest BCUT2D eigenvalue weighted by molar-refractivity contribution is -0.670. The van der Waals surface area contributed by atoms with Crippen LogP contribution in [0.4, 0.5) is 10.5 Å². The van der Waals surface area contributed by atoms with Crippen molar-refractivity contribution in [3.05, 3.63) is 24.5 Å². The molecule has 1 N–H and O–H groups in total. The third kappa shape index (κ3) is 4.40. The molecule has 4 nitrogen and oxygen atoms in total. The van der Waals surface area contributed by atoms with E-state index in [0.29, 0.717) is 6.61 Å². The second kappa shape index (κ2) is 6.58. The minimum absolute atomic E-state index is 0. The van der Waals surface area contributed by atoms with Crippen LogP contribution in [0.5, 0.6) is 0 Å². The van der Waals surface area contributed by atoms with Crippen LogP contribution in [0.15, 0.2) is 24.5 Å². The van der Waals surface area contributed by atoms with Crippen molar-refractivity contribution < 1.29 is 38.1 Å². The third-order valence-electron chi connectivity index (χ3n) is 1.46. The van der Waals surface area contributed by atoms with Gasteiger partial charge in [0.15, 0.2) is 12.4 Å². The van der Waals surface area contributed by atoms with Gasteiger partial charge in [0.1, 0.15) is 12.7 Å². The summed E-state index contributed by atoms with van der Waals surface area (Å²) in [7, 11) is 1.89. The second-order valence-corrected chi connectivity index (χ2v) is 2.60. The van der Waals surface area contributed by atoms with Crippen molar-refractivity contribution in [1.82, 2.24) is 0 Å². The Bertz CT molecular complexity index is 305. The van der Waals surface area contributed by atoms with Crippen molar-refractivity contribution in [2.45, 2.75) is 6.92 Å². The maximum absolute atomic E-state index is 11.0. The normalized spacial score (nSPS) is 8.71. The van der Waals surface area contributed by atoms with Crippen LogP contribution in [0, 0.1) is 0 Å². The van der Waals surface area contributed by atoms with E-state index in [0.717, 1.165) is 5.69 Å². The van der Waals surface area contributed by atoms with Gasteiger partial charge in [0, 0.05) is 6.07 Å². The number of halogens is 1. The van der Waals surface area contributed by atoms with Crippen molar-refractivity contribution in [2.75, 3.05) is 11.9 Å². The summed E-state index contributed by atoms with van der Waals surface area (Å²) in [6, 6.07) is 3.65. The molecule has 0 aliphatic rings. The van der Waals surface area contributed by atoms with Crippen LogP contribution in [-0.2, 0) is 11.8 Å². The van der Waals surface area contributed by atoms with Gasteiger partial charge in [-0.15, -0.1) is 0 Å². The van der Waals surface area contributed by atoms with Crippen molar-refractivity contribution in [3.63, 3.8) is 0 Å². The van der Waals surface area contributed by atoms with E-state index in [4.69, 9.17) is 4.74 Å². The predicted molar refractivity (Wildman–Crippen MR) is 48.3 cm³/mol. The van der Waals surface area contributed by atoms with Crippen LogP contribution in [0.2, 0.25) is 0 Å². The van der Waals surface area contributed by atoms with Gasteiger partial charge in [0.25, 0.3) is 0 Å². The van der Waals surface area contributed by atoms with E-state index < -0.39 is 6.09 Å². The quantitative estimate of drug-likeness (QED) is 0.511. The van der Waals surface area contributed by atoms with Crippen LogP contribution < -0.4 is 33.9 Å². The van der Waals surface area contributed by atoms with Gasteiger partial charge < -0.3 is 28.7 Å². The molecular weight excluding hydrogens is 295 g/mol.